The normalized spacial score (nSPS) is 10.3. The third-order valence-corrected chi connectivity index (χ3v) is 1.74. The number of aromatic nitrogens is 1. The SMILES string of the molecule is NC(=O)OOC(=O)n1c2ccc1cc2. The number of nitrogens with zero attached hydrogens (tertiary/aromatic N) is 1. The van der Waals surface area contributed by atoms with Gasteiger partial charge in [0.2, 0.25) is 0 Å². The van der Waals surface area contributed by atoms with Gasteiger partial charge in [-0.05, 0) is 24.3 Å². The zero-order chi connectivity index (χ0) is 10.1. The number of hydrogen-bond acceptors (Lipinski definition) is 4. The molecule has 14 heavy (non-hydrogen) atoms. The van der Waals surface area contributed by atoms with Crippen LogP contribution in [0.5, 0.6) is 0 Å². The highest BCUT2D eigenvalue weighted by atomic mass is 17.2. The largest absolute Gasteiger partial charge is 0.462 e. The molecule has 2 rings (SSSR count). The molecule has 0 saturated carbocycles. The van der Waals surface area contributed by atoms with Crippen molar-refractivity contribution in [2.45, 2.75) is 0 Å². The lowest BCUT2D eigenvalue weighted by Crippen LogP contribution is -2.19. The Morgan fingerprint density at radius 2 is 1.57 bits per heavy atom. The summed E-state index contributed by atoms with van der Waals surface area (Å²) in [7, 11) is 0. The highest BCUT2D eigenvalue weighted by Crippen LogP contribution is 2.16. The van der Waals surface area contributed by atoms with Crippen LogP contribution in [0.25, 0.3) is 11.0 Å². The van der Waals surface area contributed by atoms with Crippen LogP contribution in [-0.4, -0.2) is 16.8 Å². The standard InChI is InChI=1S/C8H6N2O4/c9-7(11)13-14-8(12)10-5-1-2-6(10)4-3-5/h1-4H,(H2,9,11). The van der Waals surface area contributed by atoms with Crippen LogP contribution < -0.4 is 5.73 Å². The third kappa shape index (κ3) is 1.22. The molecular formula is C8H6N2O4. The smallest absolute Gasteiger partial charge is 0.332 e. The summed E-state index contributed by atoms with van der Waals surface area (Å²) in [4.78, 5) is 29.5. The maximum atomic E-state index is 11.3. The summed E-state index contributed by atoms with van der Waals surface area (Å²) in [6.07, 6.45) is -1.97. The van der Waals surface area contributed by atoms with Gasteiger partial charge in [-0.25, -0.2) is 23.9 Å². The fourth-order valence-electron chi connectivity index (χ4n) is 1.22. The van der Waals surface area contributed by atoms with Crippen molar-refractivity contribution < 1.29 is 19.4 Å². The average Bonchev–Trinajstić information content (AvgIpc) is 2.73. The first kappa shape index (κ1) is 8.36. The Morgan fingerprint density at radius 1 is 1.07 bits per heavy atom. The van der Waals surface area contributed by atoms with Crippen molar-refractivity contribution in [3.05, 3.63) is 24.3 Å². The molecule has 0 aromatic carbocycles. The number of nitrogens with two attached hydrogens (primary N) is 1. The van der Waals surface area contributed by atoms with Crippen molar-refractivity contribution in [3.63, 3.8) is 0 Å². The van der Waals surface area contributed by atoms with E-state index in [1.54, 1.807) is 24.3 Å². The number of fused-ring (bicyclic) bond motifs is 2. The molecule has 0 aliphatic carbocycles. The van der Waals surface area contributed by atoms with Gasteiger partial charge in [-0.15, -0.1) is 0 Å². The molecule has 6 nitrogen and oxygen atoms in total. The zero-order valence-corrected chi connectivity index (χ0v) is 6.97. The molecule has 0 aliphatic rings. The van der Waals surface area contributed by atoms with Gasteiger partial charge in [0.15, 0.2) is 0 Å². The molecule has 0 aliphatic heterocycles. The van der Waals surface area contributed by atoms with E-state index in [0.29, 0.717) is 11.0 Å². The summed E-state index contributed by atoms with van der Waals surface area (Å²) in [6, 6.07) is 6.95. The Kier molecular flexibility index (Phi) is 1.74. The number of benzene rings is 1. The maximum Gasteiger partial charge on any atom is 0.462 e. The molecule has 0 unspecified atom stereocenters. The third-order valence-electron chi connectivity index (χ3n) is 1.74. The minimum atomic E-state index is -1.17. The minimum absolute atomic E-state index is 0.665. The van der Waals surface area contributed by atoms with E-state index in [-0.39, 0.29) is 0 Å². The molecule has 6 heteroatoms. The molecule has 2 aromatic rings. The van der Waals surface area contributed by atoms with E-state index in [9.17, 15) is 9.59 Å². The molecular weight excluding hydrogens is 188 g/mol. The summed E-state index contributed by atoms with van der Waals surface area (Å²) < 4.78 is 1.25. The zero-order valence-electron chi connectivity index (χ0n) is 6.97. The van der Waals surface area contributed by atoms with Crippen LogP contribution in [0, 0.1) is 0 Å². The van der Waals surface area contributed by atoms with Gasteiger partial charge < -0.3 is 5.73 Å². The van der Waals surface area contributed by atoms with E-state index >= 15 is 0 Å². The van der Waals surface area contributed by atoms with Gasteiger partial charge in [-0.2, -0.15) is 0 Å². The van der Waals surface area contributed by atoms with Crippen LogP contribution >= 0.6 is 0 Å². The van der Waals surface area contributed by atoms with Crippen LogP contribution in [0.1, 0.15) is 0 Å². The predicted molar refractivity (Wildman–Crippen MR) is 45.7 cm³/mol. The Balaban J connectivity index is 2.16. The lowest BCUT2D eigenvalue weighted by Gasteiger charge is -2.00. The van der Waals surface area contributed by atoms with Crippen molar-refractivity contribution in [3.8, 4) is 0 Å². The fourth-order valence-corrected chi connectivity index (χ4v) is 1.22. The lowest BCUT2D eigenvalue weighted by molar-refractivity contribution is -0.174. The Labute approximate surface area is 78.1 Å². The van der Waals surface area contributed by atoms with Gasteiger partial charge >= 0.3 is 12.2 Å². The van der Waals surface area contributed by atoms with Gasteiger partial charge in [0, 0.05) is 0 Å². The number of carbonyl (C=O) groups is 2. The van der Waals surface area contributed by atoms with Crippen LogP contribution in [0.3, 0.4) is 0 Å². The second-order valence-corrected chi connectivity index (χ2v) is 2.60. The van der Waals surface area contributed by atoms with Crippen molar-refractivity contribution in [2.75, 3.05) is 0 Å². The summed E-state index contributed by atoms with van der Waals surface area (Å²) in [5, 5.41) is 0. The molecule has 72 valence electrons. The number of hydrogen-bond donors (Lipinski definition) is 1. The van der Waals surface area contributed by atoms with Gasteiger partial charge in [0.25, 0.3) is 0 Å². The van der Waals surface area contributed by atoms with E-state index in [2.05, 4.69) is 15.5 Å². The summed E-state index contributed by atoms with van der Waals surface area (Å²) in [5.74, 6) is 0. The molecule has 0 radical (unpaired) electrons. The Morgan fingerprint density at radius 3 is 2.00 bits per heavy atom. The van der Waals surface area contributed by atoms with E-state index < -0.39 is 12.2 Å². The first-order valence-corrected chi connectivity index (χ1v) is 3.76. The van der Waals surface area contributed by atoms with Crippen LogP contribution in [0.4, 0.5) is 9.59 Å². The van der Waals surface area contributed by atoms with Crippen molar-refractivity contribution in [2.24, 2.45) is 5.73 Å². The maximum absolute atomic E-state index is 11.3. The number of carbonyl (C=O) groups excluding carboxylic acids is 2. The first-order valence-electron chi connectivity index (χ1n) is 3.76. The van der Waals surface area contributed by atoms with Crippen molar-refractivity contribution >= 4 is 23.2 Å². The topological polar surface area (TPSA) is 83.6 Å². The number of amides is 1. The average molecular weight is 194 g/mol. The van der Waals surface area contributed by atoms with Gasteiger partial charge in [-0.3, -0.25) is 0 Å². The molecule has 0 saturated heterocycles. The fraction of sp³-hybridized carbons (Fsp3) is 0. The van der Waals surface area contributed by atoms with Crippen LogP contribution in [-0.2, 0) is 9.78 Å². The van der Waals surface area contributed by atoms with Gasteiger partial charge in [0.1, 0.15) is 0 Å². The van der Waals surface area contributed by atoms with E-state index in [0.717, 1.165) is 0 Å². The molecule has 0 spiro atoms. The monoisotopic (exact) mass is 194 g/mol. The Hall–Kier alpha value is -2.24. The van der Waals surface area contributed by atoms with Gasteiger partial charge in [0.05, 0.1) is 11.0 Å². The minimum Gasteiger partial charge on any atom is -0.332 e. The summed E-state index contributed by atoms with van der Waals surface area (Å²) in [6.45, 7) is 0. The quantitative estimate of drug-likeness (QED) is 0.502. The molecule has 0 fully saturated rings. The summed E-state index contributed by atoms with van der Waals surface area (Å²) in [5.41, 5.74) is 5.95. The van der Waals surface area contributed by atoms with Crippen molar-refractivity contribution in [1.82, 2.24) is 4.57 Å². The predicted octanol–water partition coefficient (Wildman–Crippen LogP) is 1.07. The number of primary amides is 1. The van der Waals surface area contributed by atoms with E-state index in [4.69, 9.17) is 0 Å². The highest BCUT2D eigenvalue weighted by Gasteiger charge is 2.14. The second-order valence-electron chi connectivity index (χ2n) is 2.60. The second kappa shape index (κ2) is 2.91. The molecule has 2 N–H and O–H groups in total. The number of rotatable bonds is 0. The Bertz CT molecular complexity index is 428. The molecule has 2 bridgehead atoms. The molecule has 2 aromatic heterocycles. The summed E-state index contributed by atoms with van der Waals surface area (Å²) >= 11 is 0. The van der Waals surface area contributed by atoms with E-state index in [1.165, 1.54) is 4.57 Å². The van der Waals surface area contributed by atoms with Crippen LogP contribution in [0.2, 0.25) is 0 Å². The van der Waals surface area contributed by atoms with Gasteiger partial charge in [-0.1, -0.05) is 0 Å². The van der Waals surface area contributed by atoms with Crippen molar-refractivity contribution in [1.29, 1.82) is 0 Å². The molecule has 0 atom stereocenters. The molecule has 2 heterocycles. The first-order chi connectivity index (χ1) is 6.68. The molecule has 1 amide bonds. The van der Waals surface area contributed by atoms with E-state index in [1.807, 2.05) is 0 Å². The lowest BCUT2D eigenvalue weighted by atomic mass is 10.4. The highest BCUT2D eigenvalue weighted by molar-refractivity contribution is 5.87. The van der Waals surface area contributed by atoms with Crippen LogP contribution in [0.15, 0.2) is 24.3 Å².